The van der Waals surface area contributed by atoms with E-state index < -0.39 is 0 Å². The maximum atomic E-state index is 13.4. The molecule has 0 spiro atoms. The summed E-state index contributed by atoms with van der Waals surface area (Å²) in [6, 6.07) is 24.6. The van der Waals surface area contributed by atoms with Crippen molar-refractivity contribution in [1.29, 1.82) is 0 Å². The predicted octanol–water partition coefficient (Wildman–Crippen LogP) is 4.85. The van der Waals surface area contributed by atoms with Crippen LogP contribution in [-0.4, -0.2) is 22.6 Å². The highest BCUT2D eigenvalue weighted by Gasteiger charge is 2.18. The van der Waals surface area contributed by atoms with E-state index in [2.05, 4.69) is 4.98 Å². The Morgan fingerprint density at radius 3 is 2.25 bits per heavy atom. The molecule has 0 aliphatic heterocycles. The first-order valence-corrected chi connectivity index (χ1v) is 10.3. The molecule has 0 aliphatic rings. The van der Waals surface area contributed by atoms with Gasteiger partial charge in [0.05, 0.1) is 13.7 Å². The van der Waals surface area contributed by atoms with E-state index in [9.17, 15) is 4.79 Å². The summed E-state index contributed by atoms with van der Waals surface area (Å²) in [5.41, 5.74) is 2.43. The van der Waals surface area contributed by atoms with Gasteiger partial charge in [-0.25, -0.2) is 4.98 Å². The van der Waals surface area contributed by atoms with Crippen molar-refractivity contribution >= 4 is 11.6 Å². The summed E-state index contributed by atoms with van der Waals surface area (Å²) in [6.07, 6.45) is 3.61. The summed E-state index contributed by atoms with van der Waals surface area (Å²) >= 11 is 0. The Bertz CT molecular complexity index is 1150. The summed E-state index contributed by atoms with van der Waals surface area (Å²) in [5, 5.41) is 0. The number of ether oxygens (including phenoxy) is 2. The Morgan fingerprint density at radius 1 is 0.938 bits per heavy atom. The Kier molecular flexibility index (Phi) is 6.51. The molecule has 6 nitrogen and oxygen atoms in total. The number of rotatable bonds is 8. The SMILES string of the molecule is COc1ccc(N(Cc2ccccc2)C(=O)c2ccc(OCc3nccn3C)cc2)cc1. The molecule has 0 aliphatic carbocycles. The number of imidazole rings is 1. The van der Waals surface area contributed by atoms with Gasteiger partial charge in [0.1, 0.15) is 23.9 Å². The molecule has 3 aromatic carbocycles. The Hall–Kier alpha value is -4.06. The standard InChI is InChI=1S/C26H25N3O3/c1-28-17-16-27-25(28)19-32-24-12-8-21(9-13-24)26(30)29(18-20-6-4-3-5-7-20)22-10-14-23(31-2)15-11-22/h3-17H,18-19H2,1-2H3. The lowest BCUT2D eigenvalue weighted by Gasteiger charge is -2.23. The molecule has 0 radical (unpaired) electrons. The number of nitrogens with zero attached hydrogens (tertiary/aromatic N) is 3. The first kappa shape index (κ1) is 21.2. The minimum atomic E-state index is -0.0883. The number of benzene rings is 3. The van der Waals surface area contributed by atoms with Gasteiger partial charge in [0.25, 0.3) is 5.91 Å². The summed E-state index contributed by atoms with van der Waals surface area (Å²) in [5.74, 6) is 2.17. The van der Waals surface area contributed by atoms with Gasteiger partial charge < -0.3 is 18.9 Å². The summed E-state index contributed by atoms with van der Waals surface area (Å²) in [6.45, 7) is 0.826. The number of amides is 1. The Morgan fingerprint density at radius 2 is 1.62 bits per heavy atom. The van der Waals surface area contributed by atoms with Crippen molar-refractivity contribution in [3.8, 4) is 11.5 Å². The Balaban J connectivity index is 1.53. The molecule has 6 heteroatoms. The van der Waals surface area contributed by atoms with Gasteiger partial charge in [-0.2, -0.15) is 0 Å². The van der Waals surface area contributed by atoms with Crippen molar-refractivity contribution in [2.75, 3.05) is 12.0 Å². The second kappa shape index (κ2) is 9.83. The average Bonchev–Trinajstić information content (AvgIpc) is 3.26. The number of carbonyl (C=O) groups is 1. The van der Waals surface area contributed by atoms with E-state index in [1.54, 1.807) is 30.3 Å². The highest BCUT2D eigenvalue weighted by molar-refractivity contribution is 6.06. The summed E-state index contributed by atoms with van der Waals surface area (Å²) in [7, 11) is 3.55. The third kappa shape index (κ3) is 4.98. The van der Waals surface area contributed by atoms with E-state index in [-0.39, 0.29) is 5.91 Å². The van der Waals surface area contributed by atoms with Crippen LogP contribution in [0.25, 0.3) is 0 Å². The molecule has 162 valence electrons. The van der Waals surface area contributed by atoms with Gasteiger partial charge >= 0.3 is 0 Å². The molecule has 0 unspecified atom stereocenters. The normalized spacial score (nSPS) is 10.6. The van der Waals surface area contributed by atoms with Gasteiger partial charge in [0, 0.05) is 30.7 Å². The molecule has 1 amide bonds. The van der Waals surface area contributed by atoms with E-state index in [1.165, 1.54) is 0 Å². The van der Waals surface area contributed by atoms with Crippen LogP contribution in [0.15, 0.2) is 91.3 Å². The first-order valence-electron chi connectivity index (χ1n) is 10.3. The Labute approximate surface area is 187 Å². The van der Waals surface area contributed by atoms with Crippen LogP contribution in [0.1, 0.15) is 21.7 Å². The van der Waals surface area contributed by atoms with Crippen LogP contribution in [0.5, 0.6) is 11.5 Å². The van der Waals surface area contributed by atoms with E-state index in [1.807, 2.05) is 84.5 Å². The zero-order valence-corrected chi connectivity index (χ0v) is 18.1. The smallest absolute Gasteiger partial charge is 0.258 e. The minimum absolute atomic E-state index is 0.0883. The van der Waals surface area contributed by atoms with Crippen LogP contribution in [0.4, 0.5) is 5.69 Å². The second-order valence-corrected chi connectivity index (χ2v) is 7.34. The van der Waals surface area contributed by atoms with Crippen molar-refractivity contribution in [1.82, 2.24) is 9.55 Å². The maximum Gasteiger partial charge on any atom is 0.258 e. The van der Waals surface area contributed by atoms with Crippen molar-refractivity contribution in [3.05, 3.63) is 108 Å². The monoisotopic (exact) mass is 427 g/mol. The zero-order valence-electron chi connectivity index (χ0n) is 18.1. The van der Waals surface area contributed by atoms with Crippen molar-refractivity contribution in [3.63, 3.8) is 0 Å². The molecule has 1 heterocycles. The minimum Gasteiger partial charge on any atom is -0.497 e. The molecule has 4 aromatic rings. The number of hydrogen-bond acceptors (Lipinski definition) is 4. The quantitative estimate of drug-likeness (QED) is 0.403. The molecule has 1 aromatic heterocycles. The average molecular weight is 428 g/mol. The van der Waals surface area contributed by atoms with Gasteiger partial charge in [-0.05, 0) is 54.1 Å². The van der Waals surface area contributed by atoms with Crippen LogP contribution in [0.3, 0.4) is 0 Å². The molecular weight excluding hydrogens is 402 g/mol. The summed E-state index contributed by atoms with van der Waals surface area (Å²) < 4.78 is 13.0. The fraction of sp³-hybridized carbons (Fsp3) is 0.154. The summed E-state index contributed by atoms with van der Waals surface area (Å²) in [4.78, 5) is 19.5. The predicted molar refractivity (Wildman–Crippen MR) is 124 cm³/mol. The number of hydrogen-bond donors (Lipinski definition) is 0. The number of carbonyl (C=O) groups excluding carboxylic acids is 1. The van der Waals surface area contributed by atoms with Gasteiger partial charge in [0.15, 0.2) is 0 Å². The first-order chi connectivity index (χ1) is 15.6. The van der Waals surface area contributed by atoms with E-state index >= 15 is 0 Å². The third-order valence-electron chi connectivity index (χ3n) is 5.20. The van der Waals surface area contributed by atoms with Crippen molar-refractivity contribution in [2.45, 2.75) is 13.2 Å². The van der Waals surface area contributed by atoms with Crippen molar-refractivity contribution in [2.24, 2.45) is 7.05 Å². The largest absolute Gasteiger partial charge is 0.497 e. The van der Waals surface area contributed by atoms with Crippen LogP contribution >= 0.6 is 0 Å². The van der Waals surface area contributed by atoms with Gasteiger partial charge in [0.2, 0.25) is 0 Å². The van der Waals surface area contributed by atoms with Gasteiger partial charge in [-0.15, -0.1) is 0 Å². The lowest BCUT2D eigenvalue weighted by atomic mass is 10.1. The van der Waals surface area contributed by atoms with Crippen LogP contribution in [0.2, 0.25) is 0 Å². The van der Waals surface area contributed by atoms with Crippen molar-refractivity contribution < 1.29 is 14.3 Å². The number of aromatic nitrogens is 2. The van der Waals surface area contributed by atoms with E-state index in [0.29, 0.717) is 24.5 Å². The molecular formula is C26H25N3O3. The molecule has 0 fully saturated rings. The lowest BCUT2D eigenvalue weighted by molar-refractivity contribution is 0.0985. The van der Waals surface area contributed by atoms with Crippen LogP contribution in [-0.2, 0) is 20.2 Å². The highest BCUT2D eigenvalue weighted by Crippen LogP contribution is 2.24. The molecule has 0 saturated carbocycles. The maximum absolute atomic E-state index is 13.4. The lowest BCUT2D eigenvalue weighted by Crippen LogP contribution is -2.30. The number of aryl methyl sites for hydroxylation is 1. The van der Waals surface area contributed by atoms with Gasteiger partial charge in [-0.3, -0.25) is 4.79 Å². The molecule has 0 atom stereocenters. The topological polar surface area (TPSA) is 56.6 Å². The van der Waals surface area contributed by atoms with Gasteiger partial charge in [-0.1, -0.05) is 30.3 Å². The molecule has 0 N–H and O–H groups in total. The number of anilines is 1. The highest BCUT2D eigenvalue weighted by atomic mass is 16.5. The van der Waals surface area contributed by atoms with Crippen LogP contribution in [0, 0.1) is 0 Å². The molecule has 32 heavy (non-hydrogen) atoms. The fourth-order valence-corrected chi connectivity index (χ4v) is 3.34. The number of methoxy groups -OCH3 is 1. The third-order valence-corrected chi connectivity index (χ3v) is 5.20. The zero-order chi connectivity index (χ0) is 22.3. The molecule has 0 bridgehead atoms. The fourth-order valence-electron chi connectivity index (χ4n) is 3.34. The van der Waals surface area contributed by atoms with E-state index in [0.717, 1.165) is 22.8 Å². The van der Waals surface area contributed by atoms with Crippen LogP contribution < -0.4 is 14.4 Å². The van der Waals surface area contributed by atoms with E-state index in [4.69, 9.17) is 9.47 Å². The second-order valence-electron chi connectivity index (χ2n) is 7.34. The molecule has 0 saturated heterocycles. The molecule has 4 rings (SSSR count).